The smallest absolute Gasteiger partial charge is 0.252 e. The van der Waals surface area contributed by atoms with Crippen molar-refractivity contribution in [3.05, 3.63) is 35.4 Å². The van der Waals surface area contributed by atoms with Crippen LogP contribution in [0.5, 0.6) is 0 Å². The summed E-state index contributed by atoms with van der Waals surface area (Å²) in [5.74, 6) is -0.0458. The second kappa shape index (κ2) is 3.42. The minimum absolute atomic E-state index is 0.0458. The van der Waals surface area contributed by atoms with E-state index in [4.69, 9.17) is 4.74 Å². The van der Waals surface area contributed by atoms with Crippen LogP contribution in [0.25, 0.3) is 0 Å². The van der Waals surface area contributed by atoms with Crippen LogP contribution in [0, 0.1) is 6.92 Å². The van der Waals surface area contributed by atoms with Gasteiger partial charge in [0, 0.05) is 7.05 Å². The van der Waals surface area contributed by atoms with Crippen LogP contribution in [-0.4, -0.2) is 19.1 Å². The molecule has 0 spiro atoms. The molecule has 1 aliphatic rings. The Labute approximate surface area is 83.1 Å². The molecule has 0 unspecified atom stereocenters. The third kappa shape index (κ3) is 1.63. The molecular weight excluding hydrogens is 178 g/mol. The van der Waals surface area contributed by atoms with Crippen LogP contribution in [0.15, 0.2) is 24.3 Å². The first-order valence-corrected chi connectivity index (χ1v) is 4.66. The number of epoxide rings is 1. The molecule has 1 N–H and O–H groups in total. The number of rotatable bonds is 2. The highest BCUT2D eigenvalue weighted by Crippen LogP contribution is 2.38. The summed E-state index contributed by atoms with van der Waals surface area (Å²) in [5, 5.41) is 2.57. The van der Waals surface area contributed by atoms with Gasteiger partial charge in [-0.1, -0.05) is 29.8 Å². The highest BCUT2D eigenvalue weighted by atomic mass is 16.6. The molecule has 1 saturated heterocycles. The summed E-state index contributed by atoms with van der Waals surface area (Å²) in [6.45, 7) is 2.04. The number of amides is 1. The number of hydrogen-bond acceptors (Lipinski definition) is 2. The summed E-state index contributed by atoms with van der Waals surface area (Å²) < 4.78 is 5.28. The number of carbonyl (C=O) groups excluding carboxylic acids is 1. The van der Waals surface area contributed by atoms with E-state index in [0.717, 1.165) is 5.56 Å². The molecule has 2 atom stereocenters. The van der Waals surface area contributed by atoms with Crippen molar-refractivity contribution in [3.63, 3.8) is 0 Å². The normalized spacial score (nSPS) is 24.4. The Balaban J connectivity index is 2.06. The molecule has 0 aliphatic carbocycles. The maximum atomic E-state index is 11.2. The zero-order valence-corrected chi connectivity index (χ0v) is 8.28. The number of carbonyl (C=O) groups is 1. The molecule has 1 amide bonds. The SMILES string of the molecule is CNC(=O)[C@@H]1O[C@H]1c1ccc(C)cc1. The Hall–Kier alpha value is -1.35. The highest BCUT2D eigenvalue weighted by Gasteiger charge is 2.45. The maximum Gasteiger partial charge on any atom is 0.252 e. The third-order valence-electron chi connectivity index (χ3n) is 2.40. The number of likely N-dealkylation sites (N-methyl/N-ethyl adjacent to an activating group) is 1. The largest absolute Gasteiger partial charge is 0.357 e. The van der Waals surface area contributed by atoms with E-state index >= 15 is 0 Å². The van der Waals surface area contributed by atoms with Crippen molar-refractivity contribution in [1.82, 2.24) is 5.32 Å². The number of nitrogens with one attached hydrogen (secondary N) is 1. The molecule has 14 heavy (non-hydrogen) atoms. The van der Waals surface area contributed by atoms with Crippen LogP contribution in [0.1, 0.15) is 17.2 Å². The predicted octanol–water partition coefficient (Wildman–Crippen LogP) is 1.18. The van der Waals surface area contributed by atoms with Crippen LogP contribution in [0.2, 0.25) is 0 Å². The van der Waals surface area contributed by atoms with E-state index in [1.165, 1.54) is 5.56 Å². The Morgan fingerprint density at radius 3 is 2.57 bits per heavy atom. The third-order valence-corrected chi connectivity index (χ3v) is 2.40. The van der Waals surface area contributed by atoms with Gasteiger partial charge in [0.15, 0.2) is 6.10 Å². The molecule has 0 radical (unpaired) electrons. The first-order valence-electron chi connectivity index (χ1n) is 4.66. The summed E-state index contributed by atoms with van der Waals surface area (Å²) in [4.78, 5) is 11.2. The molecule has 1 heterocycles. The molecule has 2 rings (SSSR count). The van der Waals surface area contributed by atoms with Gasteiger partial charge in [-0.15, -0.1) is 0 Å². The van der Waals surface area contributed by atoms with Crippen molar-refractivity contribution in [1.29, 1.82) is 0 Å². The standard InChI is InChI=1S/C11H13NO2/c1-7-3-5-8(6-4-7)9-10(14-9)11(13)12-2/h3-6,9-10H,1-2H3,(H,12,13)/t9-,10+/m0/s1. The van der Waals surface area contributed by atoms with E-state index in [2.05, 4.69) is 5.32 Å². The van der Waals surface area contributed by atoms with E-state index in [1.807, 2.05) is 31.2 Å². The molecule has 0 saturated carbocycles. The average Bonchev–Trinajstić information content (AvgIpc) is 2.98. The summed E-state index contributed by atoms with van der Waals surface area (Å²) >= 11 is 0. The molecule has 1 aromatic rings. The monoisotopic (exact) mass is 191 g/mol. The van der Waals surface area contributed by atoms with Gasteiger partial charge in [0.2, 0.25) is 0 Å². The van der Waals surface area contributed by atoms with Crippen LogP contribution >= 0.6 is 0 Å². The fourth-order valence-corrected chi connectivity index (χ4v) is 1.46. The van der Waals surface area contributed by atoms with E-state index in [1.54, 1.807) is 7.05 Å². The van der Waals surface area contributed by atoms with Crippen molar-refractivity contribution in [2.24, 2.45) is 0 Å². The zero-order valence-electron chi connectivity index (χ0n) is 8.28. The molecule has 1 aliphatic heterocycles. The van der Waals surface area contributed by atoms with Crippen LogP contribution in [-0.2, 0) is 9.53 Å². The lowest BCUT2D eigenvalue weighted by Gasteiger charge is -1.96. The van der Waals surface area contributed by atoms with Gasteiger partial charge in [-0.05, 0) is 12.5 Å². The molecule has 0 aromatic heterocycles. The summed E-state index contributed by atoms with van der Waals surface area (Å²) in [5.41, 5.74) is 2.29. The fourth-order valence-electron chi connectivity index (χ4n) is 1.46. The molecule has 0 bridgehead atoms. The van der Waals surface area contributed by atoms with Crippen molar-refractivity contribution < 1.29 is 9.53 Å². The second-order valence-corrected chi connectivity index (χ2v) is 3.50. The number of benzene rings is 1. The van der Waals surface area contributed by atoms with Crippen LogP contribution in [0.3, 0.4) is 0 Å². The molecule has 1 fully saturated rings. The predicted molar refractivity (Wildman–Crippen MR) is 52.9 cm³/mol. The van der Waals surface area contributed by atoms with Gasteiger partial charge in [0.1, 0.15) is 6.10 Å². The van der Waals surface area contributed by atoms with Gasteiger partial charge in [0.05, 0.1) is 0 Å². The highest BCUT2D eigenvalue weighted by molar-refractivity contribution is 5.83. The lowest BCUT2D eigenvalue weighted by molar-refractivity contribution is -0.121. The average molecular weight is 191 g/mol. The van der Waals surface area contributed by atoms with E-state index in [-0.39, 0.29) is 18.1 Å². The summed E-state index contributed by atoms with van der Waals surface area (Å²) in [6.07, 6.45) is -0.335. The zero-order chi connectivity index (χ0) is 10.1. The summed E-state index contributed by atoms with van der Waals surface area (Å²) in [6, 6.07) is 8.06. The first kappa shape index (κ1) is 9.21. The lowest BCUT2D eigenvalue weighted by Crippen LogP contribution is -2.23. The molecular formula is C11H13NO2. The van der Waals surface area contributed by atoms with Gasteiger partial charge in [-0.3, -0.25) is 4.79 Å². The van der Waals surface area contributed by atoms with Gasteiger partial charge < -0.3 is 10.1 Å². The molecule has 3 heteroatoms. The quantitative estimate of drug-likeness (QED) is 0.713. The number of aryl methyl sites for hydroxylation is 1. The Morgan fingerprint density at radius 1 is 1.36 bits per heavy atom. The van der Waals surface area contributed by atoms with Crippen LogP contribution in [0.4, 0.5) is 0 Å². The van der Waals surface area contributed by atoms with Gasteiger partial charge in [-0.2, -0.15) is 0 Å². The van der Waals surface area contributed by atoms with Crippen LogP contribution < -0.4 is 5.32 Å². The van der Waals surface area contributed by atoms with Crippen molar-refractivity contribution in [2.45, 2.75) is 19.1 Å². The number of ether oxygens (including phenoxy) is 1. The maximum absolute atomic E-state index is 11.2. The minimum Gasteiger partial charge on any atom is -0.357 e. The summed E-state index contributed by atoms with van der Waals surface area (Å²) in [7, 11) is 1.62. The Morgan fingerprint density at radius 2 is 2.00 bits per heavy atom. The van der Waals surface area contributed by atoms with Crippen molar-refractivity contribution in [2.75, 3.05) is 7.05 Å². The van der Waals surface area contributed by atoms with Crippen molar-refractivity contribution in [3.8, 4) is 0 Å². The fraction of sp³-hybridized carbons (Fsp3) is 0.364. The lowest BCUT2D eigenvalue weighted by atomic mass is 10.1. The van der Waals surface area contributed by atoms with Gasteiger partial charge >= 0.3 is 0 Å². The topological polar surface area (TPSA) is 41.6 Å². The molecule has 3 nitrogen and oxygen atoms in total. The second-order valence-electron chi connectivity index (χ2n) is 3.50. The molecule has 74 valence electrons. The van der Waals surface area contributed by atoms with Gasteiger partial charge in [-0.25, -0.2) is 0 Å². The van der Waals surface area contributed by atoms with Gasteiger partial charge in [0.25, 0.3) is 5.91 Å². The number of hydrogen-bond donors (Lipinski definition) is 1. The Bertz CT molecular complexity index is 345. The van der Waals surface area contributed by atoms with E-state index in [0.29, 0.717) is 0 Å². The minimum atomic E-state index is -0.289. The Kier molecular flexibility index (Phi) is 2.25. The van der Waals surface area contributed by atoms with E-state index < -0.39 is 0 Å². The first-order chi connectivity index (χ1) is 6.72. The molecule has 1 aromatic carbocycles. The van der Waals surface area contributed by atoms with Crippen molar-refractivity contribution >= 4 is 5.91 Å². The van der Waals surface area contributed by atoms with E-state index in [9.17, 15) is 4.79 Å².